The van der Waals surface area contributed by atoms with Gasteiger partial charge in [0, 0.05) is 3.92 Å². The molecule has 7 heavy (non-hydrogen) atoms. The van der Waals surface area contributed by atoms with Gasteiger partial charge in [-0.2, -0.15) is 0 Å². The number of alkyl halides is 1. The van der Waals surface area contributed by atoms with Gasteiger partial charge in [-0.1, -0.05) is 29.5 Å². The molecule has 1 atom stereocenters. The van der Waals surface area contributed by atoms with Crippen molar-refractivity contribution in [2.45, 2.75) is 30.1 Å². The summed E-state index contributed by atoms with van der Waals surface area (Å²) in [5.41, 5.74) is 0. The van der Waals surface area contributed by atoms with Crippen molar-refractivity contribution in [2.75, 3.05) is 0 Å². The standard InChI is InChI=1S/C6H11I/c1-2-6(7)5-3-4-5/h5-6H,2-4H2,1H3. The minimum Gasteiger partial charge on any atom is -0.0823 e. The molecule has 0 N–H and O–H groups in total. The SMILES string of the molecule is CCC(I)C1CC1. The summed E-state index contributed by atoms with van der Waals surface area (Å²) in [6.45, 7) is 2.27. The van der Waals surface area contributed by atoms with E-state index in [1.165, 1.54) is 19.3 Å². The van der Waals surface area contributed by atoms with Crippen LogP contribution in [0.3, 0.4) is 0 Å². The topological polar surface area (TPSA) is 0 Å². The quantitative estimate of drug-likeness (QED) is 0.485. The fraction of sp³-hybridized carbons (Fsp3) is 1.00. The summed E-state index contributed by atoms with van der Waals surface area (Å²) in [5.74, 6) is 1.10. The Balaban J connectivity index is 2.10. The van der Waals surface area contributed by atoms with Crippen molar-refractivity contribution in [1.82, 2.24) is 0 Å². The van der Waals surface area contributed by atoms with E-state index in [-0.39, 0.29) is 0 Å². The van der Waals surface area contributed by atoms with Gasteiger partial charge in [-0.3, -0.25) is 0 Å². The van der Waals surface area contributed by atoms with Crippen molar-refractivity contribution < 1.29 is 0 Å². The zero-order chi connectivity index (χ0) is 5.28. The van der Waals surface area contributed by atoms with E-state index in [0.29, 0.717) is 0 Å². The maximum absolute atomic E-state index is 2.56. The van der Waals surface area contributed by atoms with Crippen LogP contribution in [0.1, 0.15) is 26.2 Å². The second kappa shape index (κ2) is 2.33. The van der Waals surface area contributed by atoms with Crippen LogP contribution in [0.2, 0.25) is 0 Å². The fourth-order valence-electron chi connectivity index (χ4n) is 0.791. The summed E-state index contributed by atoms with van der Waals surface area (Å²) in [6.07, 6.45) is 4.37. The Kier molecular flexibility index (Phi) is 1.95. The molecule has 1 aliphatic rings. The average molecular weight is 210 g/mol. The Morgan fingerprint density at radius 2 is 2.29 bits per heavy atom. The lowest BCUT2D eigenvalue weighted by Crippen LogP contribution is -1.95. The van der Waals surface area contributed by atoms with Crippen LogP contribution in [0.25, 0.3) is 0 Å². The predicted octanol–water partition coefficient (Wildman–Crippen LogP) is 2.61. The molecule has 1 aliphatic carbocycles. The molecule has 0 saturated heterocycles. The number of rotatable bonds is 2. The Hall–Kier alpha value is 0.730. The third-order valence-corrected chi connectivity index (χ3v) is 3.42. The number of hydrogen-bond acceptors (Lipinski definition) is 0. The first-order valence-corrected chi connectivity index (χ1v) is 4.23. The van der Waals surface area contributed by atoms with Crippen LogP contribution in [0.5, 0.6) is 0 Å². The highest BCUT2D eigenvalue weighted by Crippen LogP contribution is 2.38. The van der Waals surface area contributed by atoms with Gasteiger partial charge in [0.05, 0.1) is 0 Å². The van der Waals surface area contributed by atoms with Crippen molar-refractivity contribution in [1.29, 1.82) is 0 Å². The summed E-state index contributed by atoms with van der Waals surface area (Å²) < 4.78 is 0.984. The van der Waals surface area contributed by atoms with Crippen molar-refractivity contribution in [3.63, 3.8) is 0 Å². The molecular formula is C6H11I. The van der Waals surface area contributed by atoms with Crippen molar-refractivity contribution in [3.8, 4) is 0 Å². The fourth-order valence-corrected chi connectivity index (χ4v) is 1.51. The van der Waals surface area contributed by atoms with E-state index in [9.17, 15) is 0 Å². The third kappa shape index (κ3) is 1.59. The highest BCUT2D eigenvalue weighted by Gasteiger charge is 2.27. The van der Waals surface area contributed by atoms with Crippen LogP contribution in [0.4, 0.5) is 0 Å². The zero-order valence-corrected chi connectivity index (χ0v) is 6.81. The first-order chi connectivity index (χ1) is 3.34. The van der Waals surface area contributed by atoms with Gasteiger partial charge in [0.15, 0.2) is 0 Å². The lowest BCUT2D eigenvalue weighted by Gasteiger charge is -1.99. The Morgan fingerprint density at radius 3 is 2.43 bits per heavy atom. The van der Waals surface area contributed by atoms with Crippen LogP contribution in [-0.4, -0.2) is 3.92 Å². The van der Waals surface area contributed by atoms with Crippen LogP contribution >= 0.6 is 22.6 Å². The first-order valence-electron chi connectivity index (χ1n) is 2.98. The van der Waals surface area contributed by atoms with Gasteiger partial charge in [-0.25, -0.2) is 0 Å². The van der Waals surface area contributed by atoms with Gasteiger partial charge in [0.25, 0.3) is 0 Å². The molecule has 0 spiro atoms. The molecule has 0 aromatic heterocycles. The summed E-state index contributed by atoms with van der Waals surface area (Å²) in [5, 5.41) is 0. The van der Waals surface area contributed by atoms with Gasteiger partial charge in [0.1, 0.15) is 0 Å². The lowest BCUT2D eigenvalue weighted by atomic mass is 10.2. The molecule has 0 amide bonds. The zero-order valence-electron chi connectivity index (χ0n) is 4.65. The molecule has 1 fully saturated rings. The molecule has 0 aromatic carbocycles. The summed E-state index contributed by atoms with van der Waals surface area (Å²) in [4.78, 5) is 0. The van der Waals surface area contributed by atoms with E-state index >= 15 is 0 Å². The van der Waals surface area contributed by atoms with Crippen LogP contribution in [0.15, 0.2) is 0 Å². The van der Waals surface area contributed by atoms with Gasteiger partial charge < -0.3 is 0 Å². The van der Waals surface area contributed by atoms with Crippen LogP contribution in [0, 0.1) is 5.92 Å². The molecule has 42 valence electrons. The lowest BCUT2D eigenvalue weighted by molar-refractivity contribution is 0.755. The summed E-state index contributed by atoms with van der Waals surface area (Å²) >= 11 is 2.56. The molecule has 0 bridgehead atoms. The van der Waals surface area contributed by atoms with Crippen LogP contribution < -0.4 is 0 Å². The van der Waals surface area contributed by atoms with E-state index in [4.69, 9.17) is 0 Å². The third-order valence-electron chi connectivity index (χ3n) is 1.52. The second-order valence-electron chi connectivity index (χ2n) is 2.26. The Morgan fingerprint density at radius 1 is 1.71 bits per heavy atom. The minimum atomic E-state index is 0.984. The van der Waals surface area contributed by atoms with E-state index in [0.717, 1.165) is 9.84 Å². The molecule has 0 radical (unpaired) electrons. The number of hydrogen-bond donors (Lipinski definition) is 0. The molecule has 0 aromatic rings. The summed E-state index contributed by atoms with van der Waals surface area (Å²) in [7, 11) is 0. The second-order valence-corrected chi connectivity index (χ2v) is 3.86. The van der Waals surface area contributed by atoms with E-state index in [1.54, 1.807) is 0 Å². The highest BCUT2D eigenvalue weighted by atomic mass is 127. The van der Waals surface area contributed by atoms with Gasteiger partial charge in [0.2, 0.25) is 0 Å². The molecule has 1 unspecified atom stereocenters. The smallest absolute Gasteiger partial charge is 0.0135 e. The minimum absolute atomic E-state index is 0.984. The van der Waals surface area contributed by atoms with E-state index in [1.807, 2.05) is 0 Å². The molecule has 1 rings (SSSR count). The molecule has 1 saturated carbocycles. The Labute approximate surface area is 58.8 Å². The molecule has 1 heteroatoms. The highest BCUT2D eigenvalue weighted by molar-refractivity contribution is 14.1. The molecular weight excluding hydrogens is 199 g/mol. The van der Waals surface area contributed by atoms with E-state index < -0.39 is 0 Å². The summed E-state index contributed by atoms with van der Waals surface area (Å²) in [6, 6.07) is 0. The van der Waals surface area contributed by atoms with Gasteiger partial charge in [-0.05, 0) is 25.2 Å². The average Bonchev–Trinajstić information content (AvgIpc) is 2.44. The maximum Gasteiger partial charge on any atom is 0.0135 e. The largest absolute Gasteiger partial charge is 0.0823 e. The first kappa shape index (κ1) is 5.86. The number of halogens is 1. The molecule has 0 aliphatic heterocycles. The van der Waals surface area contributed by atoms with Gasteiger partial charge >= 0.3 is 0 Å². The van der Waals surface area contributed by atoms with Crippen molar-refractivity contribution in [3.05, 3.63) is 0 Å². The van der Waals surface area contributed by atoms with Crippen molar-refractivity contribution in [2.24, 2.45) is 5.92 Å². The molecule has 0 heterocycles. The normalized spacial score (nSPS) is 24.9. The van der Waals surface area contributed by atoms with Crippen LogP contribution in [-0.2, 0) is 0 Å². The van der Waals surface area contributed by atoms with E-state index in [2.05, 4.69) is 29.5 Å². The van der Waals surface area contributed by atoms with Crippen molar-refractivity contribution >= 4 is 22.6 Å². The Bertz CT molecular complexity index is 57.2. The van der Waals surface area contributed by atoms with Gasteiger partial charge in [-0.15, -0.1) is 0 Å². The monoisotopic (exact) mass is 210 g/mol. The molecule has 0 nitrogen and oxygen atoms in total. The maximum atomic E-state index is 2.56. The predicted molar refractivity (Wildman–Crippen MR) is 40.8 cm³/mol.